The number of carbonyl (C=O) groups excluding carboxylic acids is 1. The molecule has 5 rings (SSSR count). The van der Waals surface area contributed by atoms with Crippen molar-refractivity contribution in [2.24, 2.45) is 0 Å². The first-order chi connectivity index (χ1) is 14.2. The van der Waals surface area contributed by atoms with Crippen LogP contribution in [0, 0.1) is 0 Å². The van der Waals surface area contributed by atoms with Gasteiger partial charge in [-0.05, 0) is 32.0 Å². The van der Waals surface area contributed by atoms with Crippen molar-refractivity contribution >= 4 is 17.7 Å². The highest BCUT2D eigenvalue weighted by molar-refractivity contribution is 5.91. The van der Waals surface area contributed by atoms with Gasteiger partial charge in [-0.2, -0.15) is 4.98 Å². The van der Waals surface area contributed by atoms with Crippen molar-refractivity contribution in [2.75, 3.05) is 62.7 Å². The Kier molecular flexibility index (Phi) is 4.87. The van der Waals surface area contributed by atoms with Crippen LogP contribution >= 0.6 is 0 Å². The average molecular weight is 396 g/mol. The summed E-state index contributed by atoms with van der Waals surface area (Å²) in [6, 6.07) is 3.48. The number of hydrogen-bond donors (Lipinski definition) is 0. The van der Waals surface area contributed by atoms with Gasteiger partial charge in [-0.25, -0.2) is 4.98 Å². The molecule has 0 aliphatic carbocycles. The normalized spacial score (nSPS) is 20.2. The lowest BCUT2D eigenvalue weighted by Crippen LogP contribution is -2.45. The number of aromatic nitrogens is 2. The first-order valence-electron chi connectivity index (χ1n) is 10.6. The molecule has 2 aromatic rings. The van der Waals surface area contributed by atoms with E-state index in [2.05, 4.69) is 21.7 Å². The fraction of sp³-hybridized carbons (Fsp3) is 0.571. The lowest BCUT2D eigenvalue weighted by molar-refractivity contribution is 0.0701. The Morgan fingerprint density at radius 1 is 1.00 bits per heavy atom. The van der Waals surface area contributed by atoms with Gasteiger partial charge >= 0.3 is 0 Å². The predicted molar refractivity (Wildman–Crippen MR) is 110 cm³/mol. The number of rotatable bonds is 3. The zero-order chi connectivity index (χ0) is 19.8. The zero-order valence-corrected chi connectivity index (χ0v) is 17.0. The number of anilines is 2. The van der Waals surface area contributed by atoms with Crippen LogP contribution < -0.4 is 9.80 Å². The molecule has 2 fully saturated rings. The molecule has 8 nitrogen and oxygen atoms in total. The second kappa shape index (κ2) is 7.67. The Labute approximate surface area is 171 Å². The quantitative estimate of drug-likeness (QED) is 0.781. The minimum atomic E-state index is -0.0591. The fourth-order valence-corrected chi connectivity index (χ4v) is 4.45. The van der Waals surface area contributed by atoms with Crippen LogP contribution in [0.1, 0.15) is 34.7 Å². The number of amides is 1. The summed E-state index contributed by atoms with van der Waals surface area (Å²) >= 11 is 0. The Morgan fingerprint density at radius 2 is 1.79 bits per heavy atom. The van der Waals surface area contributed by atoms with Gasteiger partial charge in [0.1, 0.15) is 5.82 Å². The van der Waals surface area contributed by atoms with E-state index in [1.807, 2.05) is 4.90 Å². The molecule has 3 aliphatic rings. The lowest BCUT2D eigenvalue weighted by Gasteiger charge is -2.35. The summed E-state index contributed by atoms with van der Waals surface area (Å²) in [5.41, 5.74) is 2.20. The maximum Gasteiger partial charge on any atom is 0.289 e. The van der Waals surface area contributed by atoms with Gasteiger partial charge in [0.25, 0.3) is 5.91 Å². The molecule has 0 N–H and O–H groups in total. The summed E-state index contributed by atoms with van der Waals surface area (Å²) in [4.78, 5) is 31.7. The van der Waals surface area contributed by atoms with Gasteiger partial charge in [-0.1, -0.05) is 0 Å². The summed E-state index contributed by atoms with van der Waals surface area (Å²) in [5, 5.41) is 0. The first-order valence-corrected chi connectivity index (χ1v) is 10.6. The van der Waals surface area contributed by atoms with E-state index in [4.69, 9.17) is 14.4 Å². The van der Waals surface area contributed by atoms with E-state index < -0.39 is 0 Å². The molecule has 1 amide bonds. The molecule has 3 aliphatic heterocycles. The van der Waals surface area contributed by atoms with Crippen LogP contribution in [0.5, 0.6) is 0 Å². The van der Waals surface area contributed by atoms with Crippen LogP contribution in [0.15, 0.2) is 22.8 Å². The van der Waals surface area contributed by atoms with E-state index in [0.29, 0.717) is 18.8 Å². The molecule has 0 bridgehead atoms. The van der Waals surface area contributed by atoms with Crippen LogP contribution in [-0.4, -0.2) is 78.5 Å². The van der Waals surface area contributed by atoms with E-state index in [-0.39, 0.29) is 5.91 Å². The highest BCUT2D eigenvalue weighted by Crippen LogP contribution is 2.31. The molecular weight excluding hydrogens is 368 g/mol. The Hall–Kier alpha value is -2.61. The molecule has 2 aromatic heterocycles. The molecule has 2 saturated heterocycles. The minimum Gasteiger partial charge on any atom is -0.459 e. The Bertz CT molecular complexity index is 870. The third-order valence-electron chi connectivity index (χ3n) is 6.24. The number of furan rings is 1. The van der Waals surface area contributed by atoms with E-state index in [1.54, 1.807) is 18.4 Å². The summed E-state index contributed by atoms with van der Waals surface area (Å²) in [5.74, 6) is 2.21. The van der Waals surface area contributed by atoms with Crippen molar-refractivity contribution in [1.82, 2.24) is 19.8 Å². The molecule has 29 heavy (non-hydrogen) atoms. The van der Waals surface area contributed by atoms with Gasteiger partial charge in [0, 0.05) is 57.8 Å². The SMILES string of the molecule is CN1CCN(c2nc3c(c(N4CCCC4)n2)CN(C(=O)c2ccco2)CC3)CC1. The first kappa shape index (κ1) is 18.4. The monoisotopic (exact) mass is 396 g/mol. The van der Waals surface area contributed by atoms with Crippen molar-refractivity contribution in [3.63, 3.8) is 0 Å². The predicted octanol–water partition coefficient (Wildman–Crippen LogP) is 1.62. The van der Waals surface area contributed by atoms with Crippen molar-refractivity contribution in [2.45, 2.75) is 25.8 Å². The molecule has 0 spiro atoms. The molecule has 154 valence electrons. The molecule has 0 atom stereocenters. The topological polar surface area (TPSA) is 69.0 Å². The molecule has 0 unspecified atom stereocenters. The summed E-state index contributed by atoms with van der Waals surface area (Å²) in [6.07, 6.45) is 4.69. The minimum absolute atomic E-state index is 0.0591. The standard InChI is InChI=1S/C21H28N6O2/c1-24-10-12-26(13-11-24)21-22-17-6-9-27(20(28)18-5-4-14-29-18)15-16(17)19(23-21)25-7-2-3-8-25/h4-5,14H,2-3,6-13,15H2,1H3. The van der Waals surface area contributed by atoms with Gasteiger partial charge in [0.05, 0.1) is 18.5 Å². The van der Waals surface area contributed by atoms with Gasteiger partial charge in [-0.3, -0.25) is 4.79 Å². The smallest absolute Gasteiger partial charge is 0.289 e. The molecule has 0 aromatic carbocycles. The molecule has 0 radical (unpaired) electrons. The maximum atomic E-state index is 12.8. The maximum absolute atomic E-state index is 12.8. The Balaban J connectivity index is 1.46. The van der Waals surface area contributed by atoms with Crippen molar-refractivity contribution in [3.05, 3.63) is 35.4 Å². The fourth-order valence-electron chi connectivity index (χ4n) is 4.45. The summed E-state index contributed by atoms with van der Waals surface area (Å²) in [6.45, 7) is 7.23. The molecule has 0 saturated carbocycles. The van der Waals surface area contributed by atoms with Gasteiger partial charge in [-0.15, -0.1) is 0 Å². The van der Waals surface area contributed by atoms with E-state index in [0.717, 1.165) is 68.7 Å². The zero-order valence-electron chi connectivity index (χ0n) is 17.0. The van der Waals surface area contributed by atoms with Crippen molar-refractivity contribution in [3.8, 4) is 0 Å². The van der Waals surface area contributed by atoms with Crippen molar-refractivity contribution in [1.29, 1.82) is 0 Å². The molecule has 8 heteroatoms. The van der Waals surface area contributed by atoms with E-state index in [1.165, 1.54) is 12.8 Å². The van der Waals surface area contributed by atoms with E-state index in [9.17, 15) is 4.79 Å². The number of piperazine rings is 1. The molecule has 5 heterocycles. The van der Waals surface area contributed by atoms with Gasteiger partial charge < -0.3 is 24.0 Å². The van der Waals surface area contributed by atoms with Crippen LogP contribution in [0.2, 0.25) is 0 Å². The average Bonchev–Trinajstić information content (AvgIpc) is 3.47. The second-order valence-electron chi connectivity index (χ2n) is 8.21. The van der Waals surface area contributed by atoms with Crippen LogP contribution in [0.3, 0.4) is 0 Å². The number of carbonyl (C=O) groups is 1. The lowest BCUT2D eigenvalue weighted by atomic mass is 10.1. The third kappa shape index (κ3) is 3.57. The number of nitrogens with zero attached hydrogens (tertiary/aromatic N) is 6. The summed E-state index contributed by atoms with van der Waals surface area (Å²) in [7, 11) is 2.16. The van der Waals surface area contributed by atoms with Gasteiger partial charge in [0.15, 0.2) is 5.76 Å². The number of fused-ring (bicyclic) bond motifs is 1. The Morgan fingerprint density at radius 3 is 2.52 bits per heavy atom. The highest BCUT2D eigenvalue weighted by atomic mass is 16.3. The van der Waals surface area contributed by atoms with Crippen LogP contribution in [-0.2, 0) is 13.0 Å². The largest absolute Gasteiger partial charge is 0.459 e. The summed E-state index contributed by atoms with van der Waals surface area (Å²) < 4.78 is 5.33. The van der Waals surface area contributed by atoms with Crippen molar-refractivity contribution < 1.29 is 9.21 Å². The van der Waals surface area contributed by atoms with Gasteiger partial charge in [0.2, 0.25) is 5.95 Å². The number of hydrogen-bond acceptors (Lipinski definition) is 7. The van der Waals surface area contributed by atoms with Crippen LogP contribution in [0.4, 0.5) is 11.8 Å². The third-order valence-corrected chi connectivity index (χ3v) is 6.24. The molecular formula is C21H28N6O2. The highest BCUT2D eigenvalue weighted by Gasteiger charge is 2.31. The second-order valence-corrected chi connectivity index (χ2v) is 8.21. The van der Waals surface area contributed by atoms with E-state index >= 15 is 0 Å². The number of likely N-dealkylation sites (N-methyl/N-ethyl adjacent to an activating group) is 1. The van der Waals surface area contributed by atoms with Crippen LogP contribution in [0.25, 0.3) is 0 Å².